The Morgan fingerprint density at radius 1 is 1.16 bits per heavy atom. The summed E-state index contributed by atoms with van der Waals surface area (Å²) in [6.45, 7) is 0.747. The van der Waals surface area contributed by atoms with Crippen molar-refractivity contribution >= 4 is 16.7 Å². The van der Waals surface area contributed by atoms with Crippen molar-refractivity contribution in [3.05, 3.63) is 42.0 Å². The van der Waals surface area contributed by atoms with Gasteiger partial charge in [-0.1, -0.05) is 18.2 Å². The first kappa shape index (κ1) is 19.1. The number of carbonyl (C=O) groups is 1. The van der Waals surface area contributed by atoms with E-state index in [-0.39, 0.29) is 6.54 Å². The molecule has 0 unspecified atom stereocenters. The smallest absolute Gasteiger partial charge is 0.417 e. The number of fused-ring (bicyclic) bond motifs is 1. The normalized spacial score (nSPS) is 14.2. The molecule has 0 aliphatic carbocycles. The van der Waals surface area contributed by atoms with E-state index in [0.717, 1.165) is 22.1 Å². The van der Waals surface area contributed by atoms with E-state index in [1.54, 1.807) is 13.2 Å². The molecule has 1 atom stereocenters. The summed E-state index contributed by atoms with van der Waals surface area (Å²) in [6, 6.07) is 11.1. The summed E-state index contributed by atoms with van der Waals surface area (Å²) in [7, 11) is 2.99. The quantitative estimate of drug-likeness (QED) is 0.893. The van der Waals surface area contributed by atoms with E-state index in [1.807, 2.05) is 30.3 Å². The molecule has 0 aliphatic rings. The van der Waals surface area contributed by atoms with Gasteiger partial charge in [0.1, 0.15) is 5.75 Å². The Morgan fingerprint density at radius 2 is 1.76 bits per heavy atom. The van der Waals surface area contributed by atoms with Crippen molar-refractivity contribution in [1.29, 1.82) is 0 Å². The number of alkyl halides is 3. The summed E-state index contributed by atoms with van der Waals surface area (Å²) in [5, 5.41) is 11.3. The lowest BCUT2D eigenvalue weighted by Crippen LogP contribution is -2.46. The van der Waals surface area contributed by atoms with Crippen LogP contribution in [0.3, 0.4) is 0 Å². The zero-order valence-electron chi connectivity index (χ0n) is 14.2. The first-order chi connectivity index (χ1) is 11.5. The van der Waals surface area contributed by atoms with E-state index in [9.17, 15) is 23.1 Å². The fraction of sp³-hybridized carbons (Fsp3) is 0.389. The average Bonchev–Trinajstić information content (AvgIpc) is 2.52. The molecule has 2 rings (SSSR count). The Balaban J connectivity index is 2.10. The standard InChI is InChI=1S/C18H20F3NO3/c1-17(24,18(19,20)21)10-16(23)22(2)11-12-4-5-14-9-15(25-3)7-6-13(14)8-12/h4-9,24H,10-11H2,1-3H3/t17-/m1/s1. The summed E-state index contributed by atoms with van der Waals surface area (Å²) in [6.07, 6.45) is -5.87. The SMILES string of the molecule is COc1ccc2cc(CN(C)C(=O)C[C@@](C)(O)C(F)(F)F)ccc2c1. The fourth-order valence-corrected chi connectivity index (χ4v) is 2.39. The second-order valence-electron chi connectivity index (χ2n) is 6.25. The Labute approximate surface area is 143 Å². The van der Waals surface area contributed by atoms with Gasteiger partial charge < -0.3 is 14.7 Å². The van der Waals surface area contributed by atoms with Crippen molar-refractivity contribution in [1.82, 2.24) is 4.90 Å². The summed E-state index contributed by atoms with van der Waals surface area (Å²) in [5.41, 5.74) is -2.27. The van der Waals surface area contributed by atoms with Gasteiger partial charge in [0.2, 0.25) is 5.91 Å². The summed E-state index contributed by atoms with van der Waals surface area (Å²) in [5.74, 6) is -0.0564. The first-order valence-electron chi connectivity index (χ1n) is 7.63. The number of hydrogen-bond donors (Lipinski definition) is 1. The van der Waals surface area contributed by atoms with Crippen LogP contribution in [0, 0.1) is 0 Å². The Hall–Kier alpha value is -2.28. The van der Waals surface area contributed by atoms with Crippen molar-refractivity contribution in [2.24, 2.45) is 0 Å². The van der Waals surface area contributed by atoms with Crippen LogP contribution in [0.5, 0.6) is 5.75 Å². The largest absolute Gasteiger partial charge is 0.497 e. The molecule has 0 saturated heterocycles. The third-order valence-electron chi connectivity index (χ3n) is 4.06. The van der Waals surface area contributed by atoms with Gasteiger partial charge in [-0.3, -0.25) is 4.79 Å². The van der Waals surface area contributed by atoms with Crippen LogP contribution < -0.4 is 4.74 Å². The second-order valence-corrected chi connectivity index (χ2v) is 6.25. The van der Waals surface area contributed by atoms with Crippen LogP contribution in [0.2, 0.25) is 0 Å². The van der Waals surface area contributed by atoms with Crippen molar-refractivity contribution in [3.8, 4) is 5.75 Å². The van der Waals surface area contributed by atoms with Crippen LogP contribution >= 0.6 is 0 Å². The number of methoxy groups -OCH3 is 1. The van der Waals surface area contributed by atoms with E-state index in [1.165, 1.54) is 11.9 Å². The van der Waals surface area contributed by atoms with Gasteiger partial charge in [0, 0.05) is 13.6 Å². The highest BCUT2D eigenvalue weighted by Gasteiger charge is 2.51. The zero-order chi connectivity index (χ0) is 18.8. The lowest BCUT2D eigenvalue weighted by Gasteiger charge is -2.28. The van der Waals surface area contributed by atoms with E-state index >= 15 is 0 Å². The number of carbonyl (C=O) groups excluding carboxylic acids is 1. The van der Waals surface area contributed by atoms with Crippen LogP contribution in [0.4, 0.5) is 13.2 Å². The lowest BCUT2D eigenvalue weighted by molar-refractivity contribution is -0.254. The number of benzene rings is 2. The van der Waals surface area contributed by atoms with Gasteiger partial charge in [0.05, 0.1) is 13.5 Å². The maximum atomic E-state index is 12.7. The molecule has 0 aromatic heterocycles. The molecule has 1 amide bonds. The van der Waals surface area contributed by atoms with E-state index < -0.39 is 24.1 Å². The predicted molar refractivity (Wildman–Crippen MR) is 88.3 cm³/mol. The van der Waals surface area contributed by atoms with Crippen LogP contribution in [0.1, 0.15) is 18.9 Å². The third kappa shape index (κ3) is 4.42. The molecule has 1 N–H and O–H groups in total. The van der Waals surface area contributed by atoms with Crippen LogP contribution in [0.15, 0.2) is 36.4 Å². The Morgan fingerprint density at radius 3 is 2.36 bits per heavy atom. The molecule has 0 spiro atoms. The number of rotatable bonds is 5. The van der Waals surface area contributed by atoms with Gasteiger partial charge in [0.25, 0.3) is 0 Å². The Kier molecular flexibility index (Phi) is 5.27. The highest BCUT2D eigenvalue weighted by Crippen LogP contribution is 2.33. The molecule has 0 bridgehead atoms. The molecule has 2 aromatic carbocycles. The molecule has 7 heteroatoms. The minimum Gasteiger partial charge on any atom is -0.497 e. The molecule has 0 fully saturated rings. The highest BCUT2D eigenvalue weighted by molar-refractivity contribution is 5.84. The molecule has 136 valence electrons. The van der Waals surface area contributed by atoms with E-state index in [4.69, 9.17) is 4.74 Å². The maximum Gasteiger partial charge on any atom is 0.417 e. The van der Waals surface area contributed by atoms with Crippen molar-refractivity contribution < 1.29 is 27.8 Å². The maximum absolute atomic E-state index is 12.7. The first-order valence-corrected chi connectivity index (χ1v) is 7.63. The zero-order valence-corrected chi connectivity index (χ0v) is 14.2. The minimum atomic E-state index is -4.86. The van der Waals surface area contributed by atoms with Gasteiger partial charge in [-0.25, -0.2) is 0 Å². The fourth-order valence-electron chi connectivity index (χ4n) is 2.39. The summed E-state index contributed by atoms with van der Waals surface area (Å²) >= 11 is 0. The molecule has 25 heavy (non-hydrogen) atoms. The third-order valence-corrected chi connectivity index (χ3v) is 4.06. The topological polar surface area (TPSA) is 49.8 Å². The predicted octanol–water partition coefficient (Wildman–Crippen LogP) is 3.51. The average molecular weight is 355 g/mol. The van der Waals surface area contributed by atoms with Crippen molar-refractivity contribution in [3.63, 3.8) is 0 Å². The number of nitrogens with zero attached hydrogens (tertiary/aromatic N) is 1. The summed E-state index contributed by atoms with van der Waals surface area (Å²) < 4.78 is 43.2. The molecular formula is C18H20F3NO3. The molecule has 0 radical (unpaired) electrons. The van der Waals surface area contributed by atoms with Crippen molar-refractivity contribution in [2.75, 3.05) is 14.2 Å². The minimum absolute atomic E-state index is 0.148. The Bertz CT molecular complexity index is 772. The molecule has 4 nitrogen and oxygen atoms in total. The molecule has 0 saturated carbocycles. The van der Waals surface area contributed by atoms with Gasteiger partial charge in [-0.15, -0.1) is 0 Å². The van der Waals surface area contributed by atoms with Crippen LogP contribution in [-0.4, -0.2) is 41.8 Å². The van der Waals surface area contributed by atoms with Crippen LogP contribution in [0.25, 0.3) is 10.8 Å². The summed E-state index contributed by atoms with van der Waals surface area (Å²) in [4.78, 5) is 13.2. The monoisotopic (exact) mass is 355 g/mol. The number of hydrogen-bond acceptors (Lipinski definition) is 3. The van der Waals surface area contributed by atoms with Crippen LogP contribution in [-0.2, 0) is 11.3 Å². The van der Waals surface area contributed by atoms with E-state index in [2.05, 4.69) is 0 Å². The highest BCUT2D eigenvalue weighted by atomic mass is 19.4. The molecular weight excluding hydrogens is 335 g/mol. The van der Waals surface area contributed by atoms with Gasteiger partial charge >= 0.3 is 6.18 Å². The van der Waals surface area contributed by atoms with Gasteiger partial charge in [0.15, 0.2) is 5.60 Å². The van der Waals surface area contributed by atoms with Crippen molar-refractivity contribution in [2.45, 2.75) is 31.7 Å². The molecule has 0 aliphatic heterocycles. The number of aliphatic hydroxyl groups is 1. The number of amides is 1. The van der Waals surface area contributed by atoms with Gasteiger partial charge in [-0.05, 0) is 41.5 Å². The second kappa shape index (κ2) is 6.92. The molecule has 2 aromatic rings. The van der Waals surface area contributed by atoms with Gasteiger partial charge in [-0.2, -0.15) is 13.2 Å². The molecule has 0 heterocycles. The van der Waals surface area contributed by atoms with E-state index in [0.29, 0.717) is 6.92 Å². The lowest BCUT2D eigenvalue weighted by atomic mass is 10.0. The number of halogens is 3. The number of ether oxygens (including phenoxy) is 1.